The number of amides is 1. The monoisotopic (exact) mass is 272 g/mol. The van der Waals surface area contributed by atoms with Crippen molar-refractivity contribution in [3.8, 4) is 0 Å². The van der Waals surface area contributed by atoms with E-state index in [4.69, 9.17) is 0 Å². The summed E-state index contributed by atoms with van der Waals surface area (Å²) < 4.78 is 1.83. The van der Waals surface area contributed by atoms with E-state index in [9.17, 15) is 4.79 Å². The summed E-state index contributed by atoms with van der Waals surface area (Å²) in [6, 6.07) is 5.71. The van der Waals surface area contributed by atoms with E-state index in [1.807, 2.05) is 56.2 Å². The van der Waals surface area contributed by atoms with E-state index in [2.05, 4.69) is 15.7 Å². The number of benzene rings is 1. The molecule has 0 fully saturated rings. The molecular weight excluding hydrogens is 252 g/mol. The number of carbonyl (C=O) groups is 1. The van der Waals surface area contributed by atoms with Crippen molar-refractivity contribution in [1.82, 2.24) is 15.1 Å². The molecular formula is C15H20N4O. The number of nitrogens with one attached hydrogen (secondary N) is 2. The maximum absolute atomic E-state index is 12.1. The van der Waals surface area contributed by atoms with E-state index in [0.717, 1.165) is 16.8 Å². The Labute approximate surface area is 119 Å². The summed E-state index contributed by atoms with van der Waals surface area (Å²) in [4.78, 5) is 12.1. The van der Waals surface area contributed by atoms with Crippen LogP contribution < -0.4 is 10.6 Å². The second-order valence-electron chi connectivity index (χ2n) is 4.82. The Morgan fingerprint density at radius 3 is 2.75 bits per heavy atom. The SMILES string of the molecule is CNc1ccc(C(=O)NCCn2cc(C)cn2)c(C)c1. The van der Waals surface area contributed by atoms with Gasteiger partial charge in [-0.15, -0.1) is 0 Å². The third-order valence-electron chi connectivity index (χ3n) is 3.15. The summed E-state index contributed by atoms with van der Waals surface area (Å²) in [5.74, 6) is -0.0472. The predicted octanol–water partition coefficient (Wildman–Crippen LogP) is 1.97. The zero-order valence-electron chi connectivity index (χ0n) is 12.1. The van der Waals surface area contributed by atoms with Crippen LogP contribution in [0.2, 0.25) is 0 Å². The third-order valence-corrected chi connectivity index (χ3v) is 3.15. The van der Waals surface area contributed by atoms with Crippen LogP contribution in [0.3, 0.4) is 0 Å². The summed E-state index contributed by atoms with van der Waals surface area (Å²) in [6.45, 7) is 5.17. The van der Waals surface area contributed by atoms with Gasteiger partial charge in [0.2, 0.25) is 0 Å². The van der Waals surface area contributed by atoms with Gasteiger partial charge in [-0.3, -0.25) is 9.48 Å². The van der Waals surface area contributed by atoms with Gasteiger partial charge in [-0.25, -0.2) is 0 Å². The highest BCUT2D eigenvalue weighted by Crippen LogP contribution is 2.14. The van der Waals surface area contributed by atoms with Crippen molar-refractivity contribution in [3.05, 3.63) is 47.3 Å². The molecule has 5 nitrogen and oxygen atoms in total. The van der Waals surface area contributed by atoms with Crippen molar-refractivity contribution in [2.45, 2.75) is 20.4 Å². The fourth-order valence-electron chi connectivity index (χ4n) is 2.04. The average Bonchev–Trinajstić information content (AvgIpc) is 2.84. The predicted molar refractivity (Wildman–Crippen MR) is 80.0 cm³/mol. The molecule has 1 aromatic heterocycles. The van der Waals surface area contributed by atoms with Crippen LogP contribution in [0.15, 0.2) is 30.6 Å². The zero-order valence-corrected chi connectivity index (χ0v) is 12.1. The molecule has 1 heterocycles. The van der Waals surface area contributed by atoms with Crippen molar-refractivity contribution in [2.75, 3.05) is 18.9 Å². The second-order valence-corrected chi connectivity index (χ2v) is 4.82. The van der Waals surface area contributed by atoms with Crippen LogP contribution in [0, 0.1) is 13.8 Å². The summed E-state index contributed by atoms with van der Waals surface area (Å²) >= 11 is 0. The number of aryl methyl sites for hydroxylation is 2. The molecule has 2 aromatic rings. The van der Waals surface area contributed by atoms with Gasteiger partial charge in [0.15, 0.2) is 0 Å². The summed E-state index contributed by atoms with van der Waals surface area (Å²) in [7, 11) is 1.86. The number of hydrogen-bond acceptors (Lipinski definition) is 3. The number of aromatic nitrogens is 2. The molecule has 106 valence electrons. The molecule has 5 heteroatoms. The van der Waals surface area contributed by atoms with Gasteiger partial charge in [-0.1, -0.05) is 0 Å². The molecule has 2 N–H and O–H groups in total. The molecule has 0 saturated carbocycles. The highest BCUT2D eigenvalue weighted by atomic mass is 16.1. The molecule has 0 saturated heterocycles. The molecule has 1 aromatic carbocycles. The van der Waals surface area contributed by atoms with E-state index in [1.54, 1.807) is 0 Å². The van der Waals surface area contributed by atoms with E-state index in [-0.39, 0.29) is 5.91 Å². The van der Waals surface area contributed by atoms with Gasteiger partial charge in [0, 0.05) is 31.0 Å². The first kappa shape index (κ1) is 14.1. The molecule has 0 radical (unpaired) electrons. The molecule has 0 aliphatic carbocycles. The first-order chi connectivity index (χ1) is 9.60. The minimum absolute atomic E-state index is 0.0472. The number of hydrogen-bond donors (Lipinski definition) is 2. The Morgan fingerprint density at radius 2 is 2.15 bits per heavy atom. The van der Waals surface area contributed by atoms with Gasteiger partial charge in [0.25, 0.3) is 5.91 Å². The highest BCUT2D eigenvalue weighted by molar-refractivity contribution is 5.96. The fraction of sp³-hybridized carbons (Fsp3) is 0.333. The van der Waals surface area contributed by atoms with E-state index in [0.29, 0.717) is 18.7 Å². The van der Waals surface area contributed by atoms with Crippen molar-refractivity contribution in [1.29, 1.82) is 0 Å². The summed E-state index contributed by atoms with van der Waals surface area (Å²) in [6.07, 6.45) is 3.77. The summed E-state index contributed by atoms with van der Waals surface area (Å²) in [5, 5.41) is 10.2. The number of carbonyl (C=O) groups excluding carboxylic acids is 1. The van der Waals surface area contributed by atoms with Crippen molar-refractivity contribution >= 4 is 11.6 Å². The van der Waals surface area contributed by atoms with Crippen molar-refractivity contribution in [2.24, 2.45) is 0 Å². The van der Waals surface area contributed by atoms with Crippen LogP contribution >= 0.6 is 0 Å². The number of anilines is 1. The van der Waals surface area contributed by atoms with Gasteiger partial charge in [0.05, 0.1) is 12.7 Å². The Balaban J connectivity index is 1.91. The molecule has 0 bridgehead atoms. The van der Waals surface area contributed by atoms with Gasteiger partial charge in [0.1, 0.15) is 0 Å². The molecule has 0 aliphatic heterocycles. The maximum atomic E-state index is 12.1. The van der Waals surface area contributed by atoms with Gasteiger partial charge in [-0.05, 0) is 43.2 Å². The first-order valence-corrected chi connectivity index (χ1v) is 6.66. The zero-order chi connectivity index (χ0) is 14.5. The average molecular weight is 272 g/mol. The Kier molecular flexibility index (Phi) is 4.40. The fourth-order valence-corrected chi connectivity index (χ4v) is 2.04. The molecule has 0 unspecified atom stereocenters. The molecule has 20 heavy (non-hydrogen) atoms. The highest BCUT2D eigenvalue weighted by Gasteiger charge is 2.08. The third kappa shape index (κ3) is 3.38. The molecule has 0 atom stereocenters. The first-order valence-electron chi connectivity index (χ1n) is 6.66. The van der Waals surface area contributed by atoms with Crippen LogP contribution in [-0.2, 0) is 6.54 Å². The number of nitrogens with zero attached hydrogens (tertiary/aromatic N) is 2. The lowest BCUT2D eigenvalue weighted by molar-refractivity contribution is 0.0951. The van der Waals surface area contributed by atoms with Crippen LogP contribution in [0.1, 0.15) is 21.5 Å². The number of rotatable bonds is 5. The van der Waals surface area contributed by atoms with Crippen molar-refractivity contribution < 1.29 is 4.79 Å². The largest absolute Gasteiger partial charge is 0.388 e. The van der Waals surface area contributed by atoms with Crippen LogP contribution in [0.4, 0.5) is 5.69 Å². The summed E-state index contributed by atoms with van der Waals surface area (Å²) in [5.41, 5.74) is 3.80. The molecule has 2 rings (SSSR count). The van der Waals surface area contributed by atoms with Gasteiger partial charge >= 0.3 is 0 Å². The molecule has 0 spiro atoms. The van der Waals surface area contributed by atoms with E-state index >= 15 is 0 Å². The molecule has 0 aliphatic rings. The smallest absolute Gasteiger partial charge is 0.251 e. The Morgan fingerprint density at radius 1 is 1.35 bits per heavy atom. The van der Waals surface area contributed by atoms with Crippen LogP contribution in [0.5, 0.6) is 0 Å². The van der Waals surface area contributed by atoms with Gasteiger partial charge < -0.3 is 10.6 Å². The lowest BCUT2D eigenvalue weighted by Gasteiger charge is -2.09. The maximum Gasteiger partial charge on any atom is 0.251 e. The van der Waals surface area contributed by atoms with Crippen LogP contribution in [-0.4, -0.2) is 29.3 Å². The standard InChI is InChI=1S/C15H20N4O/c1-11-9-18-19(10-11)7-6-17-15(20)14-5-4-13(16-3)8-12(14)2/h4-5,8-10,16H,6-7H2,1-3H3,(H,17,20). The minimum Gasteiger partial charge on any atom is -0.388 e. The topological polar surface area (TPSA) is 59.0 Å². The lowest BCUT2D eigenvalue weighted by atomic mass is 10.1. The van der Waals surface area contributed by atoms with E-state index < -0.39 is 0 Å². The Hall–Kier alpha value is -2.30. The van der Waals surface area contributed by atoms with Gasteiger partial charge in [-0.2, -0.15) is 5.10 Å². The quantitative estimate of drug-likeness (QED) is 0.875. The Bertz CT molecular complexity index is 604. The molecule has 1 amide bonds. The minimum atomic E-state index is -0.0472. The van der Waals surface area contributed by atoms with Crippen LogP contribution in [0.25, 0.3) is 0 Å². The van der Waals surface area contributed by atoms with E-state index in [1.165, 1.54) is 0 Å². The van der Waals surface area contributed by atoms with Crippen molar-refractivity contribution in [3.63, 3.8) is 0 Å². The second kappa shape index (κ2) is 6.23. The lowest BCUT2D eigenvalue weighted by Crippen LogP contribution is -2.28. The normalized spacial score (nSPS) is 10.3.